The molecule has 20 heavy (non-hydrogen) atoms. The summed E-state index contributed by atoms with van der Waals surface area (Å²) in [7, 11) is -3.24. The zero-order valence-corrected chi connectivity index (χ0v) is 12.8. The SMILES string of the molecule is CC(C)CS(=O)(=O)CC(O)COc1ccc(CN)cc1. The van der Waals surface area contributed by atoms with Crippen LogP contribution in [0.3, 0.4) is 0 Å². The van der Waals surface area contributed by atoms with Crippen LogP contribution in [0.25, 0.3) is 0 Å². The van der Waals surface area contributed by atoms with E-state index in [2.05, 4.69) is 0 Å². The molecule has 0 radical (unpaired) electrons. The first-order valence-corrected chi connectivity index (χ1v) is 8.45. The number of hydrogen-bond acceptors (Lipinski definition) is 5. The molecule has 0 aliphatic carbocycles. The van der Waals surface area contributed by atoms with Crippen molar-refractivity contribution in [3.05, 3.63) is 29.8 Å². The van der Waals surface area contributed by atoms with E-state index >= 15 is 0 Å². The van der Waals surface area contributed by atoms with Gasteiger partial charge in [-0.25, -0.2) is 8.42 Å². The standard InChI is InChI=1S/C14H23NO4S/c1-11(2)9-20(17,18)10-13(16)8-19-14-5-3-12(7-15)4-6-14/h3-6,11,13,16H,7-10,15H2,1-2H3. The van der Waals surface area contributed by atoms with E-state index in [-0.39, 0.29) is 24.0 Å². The van der Waals surface area contributed by atoms with Crippen LogP contribution >= 0.6 is 0 Å². The predicted octanol–water partition coefficient (Wildman–Crippen LogP) is 0.956. The van der Waals surface area contributed by atoms with Crippen molar-refractivity contribution in [3.63, 3.8) is 0 Å². The van der Waals surface area contributed by atoms with Gasteiger partial charge in [-0.15, -0.1) is 0 Å². The molecule has 114 valence electrons. The summed E-state index contributed by atoms with van der Waals surface area (Å²) in [5, 5.41) is 9.74. The molecule has 1 aromatic rings. The van der Waals surface area contributed by atoms with E-state index in [1.807, 2.05) is 26.0 Å². The molecule has 0 fully saturated rings. The van der Waals surface area contributed by atoms with Crippen molar-refractivity contribution in [2.24, 2.45) is 11.7 Å². The van der Waals surface area contributed by atoms with Gasteiger partial charge in [0.2, 0.25) is 0 Å². The van der Waals surface area contributed by atoms with Crippen molar-refractivity contribution < 1.29 is 18.3 Å². The summed E-state index contributed by atoms with van der Waals surface area (Å²) in [4.78, 5) is 0. The molecule has 1 atom stereocenters. The second-order valence-corrected chi connectivity index (χ2v) is 7.44. The van der Waals surface area contributed by atoms with Crippen molar-refractivity contribution in [3.8, 4) is 5.75 Å². The Morgan fingerprint density at radius 1 is 1.20 bits per heavy atom. The van der Waals surface area contributed by atoms with Gasteiger partial charge >= 0.3 is 0 Å². The quantitative estimate of drug-likeness (QED) is 0.746. The molecular formula is C14H23NO4S. The minimum atomic E-state index is -3.24. The van der Waals surface area contributed by atoms with Gasteiger partial charge in [0.15, 0.2) is 9.84 Å². The van der Waals surface area contributed by atoms with Crippen LogP contribution in [-0.4, -0.2) is 37.7 Å². The summed E-state index contributed by atoms with van der Waals surface area (Å²) < 4.78 is 28.8. The molecule has 3 N–H and O–H groups in total. The lowest BCUT2D eigenvalue weighted by atomic mass is 10.2. The van der Waals surface area contributed by atoms with E-state index < -0.39 is 15.9 Å². The van der Waals surface area contributed by atoms with Crippen molar-refractivity contribution in [1.29, 1.82) is 0 Å². The van der Waals surface area contributed by atoms with Gasteiger partial charge in [0, 0.05) is 6.54 Å². The van der Waals surface area contributed by atoms with Gasteiger partial charge in [0.05, 0.1) is 11.5 Å². The smallest absolute Gasteiger partial charge is 0.153 e. The highest BCUT2D eigenvalue weighted by Crippen LogP contribution is 2.12. The lowest BCUT2D eigenvalue weighted by Crippen LogP contribution is -2.29. The first-order chi connectivity index (χ1) is 9.32. The Bertz CT molecular complexity index is 496. The number of benzene rings is 1. The summed E-state index contributed by atoms with van der Waals surface area (Å²) in [5.41, 5.74) is 6.47. The third-order valence-electron chi connectivity index (χ3n) is 2.64. The average molecular weight is 301 g/mol. The average Bonchev–Trinajstić information content (AvgIpc) is 2.34. The van der Waals surface area contributed by atoms with Crippen molar-refractivity contribution in [2.75, 3.05) is 18.1 Å². The summed E-state index contributed by atoms with van der Waals surface area (Å²) in [5.74, 6) is 0.445. The Kier molecular flexibility index (Phi) is 6.45. The fraction of sp³-hybridized carbons (Fsp3) is 0.571. The third kappa shape index (κ3) is 6.36. The van der Waals surface area contributed by atoms with Crippen LogP contribution in [0.15, 0.2) is 24.3 Å². The van der Waals surface area contributed by atoms with Crippen LogP contribution in [0.2, 0.25) is 0 Å². The number of hydrogen-bond donors (Lipinski definition) is 2. The van der Waals surface area contributed by atoms with E-state index in [0.29, 0.717) is 12.3 Å². The summed E-state index contributed by atoms with van der Waals surface area (Å²) in [6, 6.07) is 7.16. The number of ether oxygens (including phenoxy) is 1. The fourth-order valence-electron chi connectivity index (χ4n) is 1.83. The molecule has 5 nitrogen and oxygen atoms in total. The van der Waals surface area contributed by atoms with Gasteiger partial charge in [-0.1, -0.05) is 26.0 Å². The monoisotopic (exact) mass is 301 g/mol. The van der Waals surface area contributed by atoms with Crippen LogP contribution in [0.4, 0.5) is 0 Å². The zero-order valence-electron chi connectivity index (χ0n) is 12.0. The molecule has 1 rings (SSSR count). The number of aliphatic hydroxyl groups excluding tert-OH is 1. The molecule has 0 heterocycles. The second-order valence-electron chi connectivity index (χ2n) is 5.28. The molecule has 0 amide bonds. The van der Waals surface area contributed by atoms with Gasteiger partial charge in [0.25, 0.3) is 0 Å². The van der Waals surface area contributed by atoms with Crippen LogP contribution in [0, 0.1) is 5.92 Å². The zero-order chi connectivity index (χ0) is 15.2. The molecule has 0 saturated carbocycles. The van der Waals surface area contributed by atoms with Gasteiger partial charge in [0.1, 0.15) is 18.5 Å². The van der Waals surface area contributed by atoms with Crippen LogP contribution < -0.4 is 10.5 Å². The van der Waals surface area contributed by atoms with Gasteiger partial charge < -0.3 is 15.6 Å². The Morgan fingerprint density at radius 2 is 1.80 bits per heavy atom. The molecule has 0 bridgehead atoms. The fourth-order valence-corrected chi connectivity index (χ4v) is 3.67. The van der Waals surface area contributed by atoms with Crippen molar-refractivity contribution >= 4 is 9.84 Å². The molecule has 6 heteroatoms. The van der Waals surface area contributed by atoms with Crippen molar-refractivity contribution in [2.45, 2.75) is 26.5 Å². The van der Waals surface area contributed by atoms with Crippen molar-refractivity contribution in [1.82, 2.24) is 0 Å². The highest BCUT2D eigenvalue weighted by molar-refractivity contribution is 7.91. The maximum atomic E-state index is 11.7. The summed E-state index contributed by atoms with van der Waals surface area (Å²) >= 11 is 0. The Balaban J connectivity index is 2.44. The molecular weight excluding hydrogens is 278 g/mol. The van der Waals surface area contributed by atoms with Crippen LogP contribution in [0.1, 0.15) is 19.4 Å². The minimum absolute atomic E-state index is 0.0424. The van der Waals surface area contributed by atoms with Gasteiger partial charge in [-0.2, -0.15) is 0 Å². The molecule has 0 saturated heterocycles. The highest BCUT2D eigenvalue weighted by atomic mass is 32.2. The Labute approximate surface area is 120 Å². The molecule has 1 unspecified atom stereocenters. The molecule has 1 aromatic carbocycles. The predicted molar refractivity (Wildman–Crippen MR) is 79.3 cm³/mol. The number of aliphatic hydroxyl groups is 1. The second kappa shape index (κ2) is 7.61. The van der Waals surface area contributed by atoms with Gasteiger partial charge in [-0.05, 0) is 23.6 Å². The van der Waals surface area contributed by atoms with Crippen LogP contribution in [0.5, 0.6) is 5.75 Å². The van der Waals surface area contributed by atoms with Crippen LogP contribution in [-0.2, 0) is 16.4 Å². The van der Waals surface area contributed by atoms with E-state index in [1.54, 1.807) is 12.1 Å². The van der Waals surface area contributed by atoms with E-state index in [0.717, 1.165) is 5.56 Å². The Hall–Kier alpha value is -1.11. The first kappa shape index (κ1) is 16.9. The minimum Gasteiger partial charge on any atom is -0.491 e. The third-order valence-corrected chi connectivity index (χ3v) is 4.70. The molecule has 0 aliphatic rings. The molecule has 0 aromatic heterocycles. The normalized spacial score (nSPS) is 13.4. The lowest BCUT2D eigenvalue weighted by Gasteiger charge is -2.14. The Morgan fingerprint density at radius 3 is 2.30 bits per heavy atom. The summed E-state index contributed by atoms with van der Waals surface area (Å²) in [6.07, 6.45) is -1.02. The topological polar surface area (TPSA) is 89.6 Å². The van der Waals surface area contributed by atoms with E-state index in [1.165, 1.54) is 0 Å². The highest BCUT2D eigenvalue weighted by Gasteiger charge is 2.19. The number of nitrogens with two attached hydrogens (primary N) is 1. The van der Waals surface area contributed by atoms with Gasteiger partial charge in [-0.3, -0.25) is 0 Å². The largest absolute Gasteiger partial charge is 0.491 e. The maximum Gasteiger partial charge on any atom is 0.153 e. The number of sulfone groups is 1. The van der Waals surface area contributed by atoms with E-state index in [9.17, 15) is 13.5 Å². The molecule has 0 aliphatic heterocycles. The number of rotatable bonds is 8. The maximum absolute atomic E-state index is 11.7. The lowest BCUT2D eigenvalue weighted by molar-refractivity contribution is 0.125. The summed E-state index contributed by atoms with van der Waals surface area (Å²) in [6.45, 7) is 4.08. The first-order valence-electron chi connectivity index (χ1n) is 6.62. The van der Waals surface area contributed by atoms with E-state index in [4.69, 9.17) is 10.5 Å². The molecule has 0 spiro atoms.